The second-order valence-corrected chi connectivity index (χ2v) is 4.15. The Morgan fingerprint density at radius 1 is 1.28 bits per heavy atom. The highest BCUT2D eigenvalue weighted by Gasteiger charge is 2.05. The first-order valence-corrected chi connectivity index (χ1v) is 5.74. The lowest BCUT2D eigenvalue weighted by Crippen LogP contribution is -2.31. The predicted molar refractivity (Wildman–Crippen MR) is 66.8 cm³/mol. The normalized spacial score (nSPS) is 10.2. The molecule has 0 unspecified atom stereocenters. The van der Waals surface area contributed by atoms with Crippen molar-refractivity contribution in [1.82, 2.24) is 5.32 Å². The Labute approximate surface area is 106 Å². The van der Waals surface area contributed by atoms with Gasteiger partial charge in [-0.1, -0.05) is 0 Å². The highest BCUT2D eigenvalue weighted by atomic mass is 16.5. The van der Waals surface area contributed by atoms with Crippen LogP contribution in [0.4, 0.5) is 0 Å². The van der Waals surface area contributed by atoms with E-state index in [0.29, 0.717) is 5.75 Å². The highest BCUT2D eigenvalue weighted by molar-refractivity contribution is 5.87. The summed E-state index contributed by atoms with van der Waals surface area (Å²) in [5.74, 6) is -0.484. The summed E-state index contributed by atoms with van der Waals surface area (Å²) in [7, 11) is 0. The van der Waals surface area contributed by atoms with E-state index in [2.05, 4.69) is 5.32 Å². The van der Waals surface area contributed by atoms with Crippen LogP contribution < -0.4 is 10.1 Å². The van der Waals surface area contributed by atoms with Gasteiger partial charge in [-0.2, -0.15) is 0 Å². The zero-order chi connectivity index (χ0) is 13.5. The fourth-order valence-corrected chi connectivity index (χ4v) is 1.35. The third kappa shape index (κ3) is 4.86. The molecule has 5 heteroatoms. The highest BCUT2D eigenvalue weighted by Crippen LogP contribution is 2.12. The Morgan fingerprint density at radius 3 is 2.39 bits per heavy atom. The first kappa shape index (κ1) is 14.0. The van der Waals surface area contributed by atoms with Crippen LogP contribution in [0.3, 0.4) is 0 Å². The number of nitrogens with one attached hydrogen (secondary N) is 1. The van der Waals surface area contributed by atoms with Crippen LogP contribution in [0, 0.1) is 0 Å². The van der Waals surface area contributed by atoms with Gasteiger partial charge in [0, 0.05) is 6.04 Å². The van der Waals surface area contributed by atoms with Gasteiger partial charge in [0.25, 0.3) is 0 Å². The number of benzene rings is 1. The lowest BCUT2D eigenvalue weighted by molar-refractivity contribution is -0.122. The molecule has 1 amide bonds. The quantitative estimate of drug-likeness (QED) is 0.806. The van der Waals surface area contributed by atoms with Gasteiger partial charge in [-0.15, -0.1) is 0 Å². The van der Waals surface area contributed by atoms with Crippen molar-refractivity contribution in [2.45, 2.75) is 26.3 Å². The number of hydrogen-bond donors (Lipinski definition) is 2. The van der Waals surface area contributed by atoms with Crippen LogP contribution >= 0.6 is 0 Å². The molecule has 0 atom stereocenters. The monoisotopic (exact) mass is 251 g/mol. The first-order chi connectivity index (χ1) is 8.49. The van der Waals surface area contributed by atoms with E-state index < -0.39 is 5.97 Å². The Bertz CT molecular complexity index is 412. The van der Waals surface area contributed by atoms with Gasteiger partial charge < -0.3 is 15.2 Å². The molecule has 0 aliphatic carbocycles. The maximum absolute atomic E-state index is 11.3. The second-order valence-electron chi connectivity index (χ2n) is 4.15. The van der Waals surface area contributed by atoms with Crippen molar-refractivity contribution in [3.05, 3.63) is 29.8 Å². The molecule has 18 heavy (non-hydrogen) atoms. The summed E-state index contributed by atoms with van der Waals surface area (Å²) in [6.45, 7) is 4.05. The molecule has 0 heterocycles. The van der Waals surface area contributed by atoms with Crippen LogP contribution in [0.2, 0.25) is 0 Å². The van der Waals surface area contributed by atoms with E-state index in [9.17, 15) is 9.59 Å². The summed E-state index contributed by atoms with van der Waals surface area (Å²) in [5.41, 5.74) is 0.208. The Kier molecular flexibility index (Phi) is 5.17. The molecule has 5 nitrogen and oxygen atoms in total. The standard InChI is InChI=1S/C13H17NO4/c1-9(2)14-12(15)7-8-18-11-5-3-10(4-6-11)13(16)17/h3-6,9H,7-8H2,1-2H3,(H,14,15)(H,16,17). The minimum Gasteiger partial charge on any atom is -0.493 e. The third-order valence-electron chi connectivity index (χ3n) is 2.15. The maximum Gasteiger partial charge on any atom is 0.335 e. The molecular weight excluding hydrogens is 234 g/mol. The van der Waals surface area contributed by atoms with Gasteiger partial charge in [-0.3, -0.25) is 4.79 Å². The molecular formula is C13H17NO4. The smallest absolute Gasteiger partial charge is 0.335 e. The van der Waals surface area contributed by atoms with Crippen LogP contribution in [0.5, 0.6) is 5.75 Å². The van der Waals surface area contributed by atoms with Crippen LogP contribution in [0.25, 0.3) is 0 Å². The SMILES string of the molecule is CC(C)NC(=O)CCOc1ccc(C(=O)O)cc1. The molecule has 1 aromatic rings. The Hall–Kier alpha value is -2.04. The molecule has 0 fully saturated rings. The van der Waals surface area contributed by atoms with Crippen molar-refractivity contribution in [2.24, 2.45) is 0 Å². The molecule has 0 aromatic heterocycles. The Balaban J connectivity index is 2.35. The average Bonchev–Trinajstić information content (AvgIpc) is 2.28. The lowest BCUT2D eigenvalue weighted by Gasteiger charge is -2.09. The summed E-state index contributed by atoms with van der Waals surface area (Å²) < 4.78 is 5.34. The predicted octanol–water partition coefficient (Wildman–Crippen LogP) is 1.68. The fourth-order valence-electron chi connectivity index (χ4n) is 1.35. The summed E-state index contributed by atoms with van der Waals surface area (Å²) >= 11 is 0. The van der Waals surface area contributed by atoms with E-state index in [0.717, 1.165) is 0 Å². The van der Waals surface area contributed by atoms with Crippen molar-refractivity contribution in [3.63, 3.8) is 0 Å². The van der Waals surface area contributed by atoms with Crippen LogP contribution in [-0.2, 0) is 4.79 Å². The van der Waals surface area contributed by atoms with Crippen molar-refractivity contribution in [2.75, 3.05) is 6.61 Å². The minimum atomic E-state index is -0.974. The lowest BCUT2D eigenvalue weighted by atomic mass is 10.2. The number of amides is 1. The number of aromatic carboxylic acids is 1. The number of carbonyl (C=O) groups excluding carboxylic acids is 1. The van der Waals surface area contributed by atoms with E-state index in [1.807, 2.05) is 13.8 Å². The number of carboxylic acid groups (broad SMARTS) is 1. The van der Waals surface area contributed by atoms with Crippen molar-refractivity contribution < 1.29 is 19.4 Å². The molecule has 0 saturated heterocycles. The average molecular weight is 251 g/mol. The van der Waals surface area contributed by atoms with Crippen molar-refractivity contribution in [3.8, 4) is 5.75 Å². The zero-order valence-electron chi connectivity index (χ0n) is 10.5. The molecule has 2 N–H and O–H groups in total. The number of carbonyl (C=O) groups is 2. The Morgan fingerprint density at radius 2 is 1.89 bits per heavy atom. The van der Waals surface area contributed by atoms with Gasteiger partial charge in [0.05, 0.1) is 18.6 Å². The van der Waals surface area contributed by atoms with Crippen molar-refractivity contribution >= 4 is 11.9 Å². The van der Waals surface area contributed by atoms with Crippen LogP contribution in [0.15, 0.2) is 24.3 Å². The second kappa shape index (κ2) is 6.64. The number of hydrogen-bond acceptors (Lipinski definition) is 3. The fraction of sp³-hybridized carbons (Fsp3) is 0.385. The number of carboxylic acids is 1. The molecule has 0 aliphatic rings. The van der Waals surface area contributed by atoms with Gasteiger partial charge >= 0.3 is 5.97 Å². The summed E-state index contributed by atoms with van der Waals surface area (Å²) in [6.07, 6.45) is 0.277. The summed E-state index contributed by atoms with van der Waals surface area (Å²) in [4.78, 5) is 21.9. The van der Waals surface area contributed by atoms with E-state index in [1.165, 1.54) is 12.1 Å². The molecule has 0 saturated carbocycles. The molecule has 0 aliphatic heterocycles. The minimum absolute atomic E-state index is 0.0628. The van der Waals surface area contributed by atoms with E-state index in [4.69, 9.17) is 9.84 Å². The largest absolute Gasteiger partial charge is 0.493 e. The van der Waals surface area contributed by atoms with Crippen LogP contribution in [0.1, 0.15) is 30.6 Å². The molecule has 0 bridgehead atoms. The van der Waals surface area contributed by atoms with E-state index in [-0.39, 0.29) is 30.5 Å². The number of rotatable bonds is 6. The maximum atomic E-state index is 11.3. The van der Waals surface area contributed by atoms with E-state index >= 15 is 0 Å². The van der Waals surface area contributed by atoms with E-state index in [1.54, 1.807) is 12.1 Å². The zero-order valence-corrected chi connectivity index (χ0v) is 10.5. The van der Waals surface area contributed by atoms with Gasteiger partial charge in [0.15, 0.2) is 0 Å². The molecule has 0 radical (unpaired) electrons. The first-order valence-electron chi connectivity index (χ1n) is 5.74. The molecule has 1 aromatic carbocycles. The topological polar surface area (TPSA) is 75.6 Å². The van der Waals surface area contributed by atoms with Gasteiger partial charge in [-0.25, -0.2) is 4.79 Å². The van der Waals surface area contributed by atoms with Gasteiger partial charge in [0.1, 0.15) is 5.75 Å². The summed E-state index contributed by atoms with van der Waals surface area (Å²) in [6, 6.07) is 6.19. The number of ether oxygens (including phenoxy) is 1. The van der Waals surface area contributed by atoms with Gasteiger partial charge in [0.2, 0.25) is 5.91 Å². The molecule has 0 spiro atoms. The molecule has 1 rings (SSSR count). The van der Waals surface area contributed by atoms with Crippen LogP contribution in [-0.4, -0.2) is 29.6 Å². The van der Waals surface area contributed by atoms with Crippen molar-refractivity contribution in [1.29, 1.82) is 0 Å². The summed E-state index contributed by atoms with van der Waals surface area (Å²) in [5, 5.41) is 11.5. The third-order valence-corrected chi connectivity index (χ3v) is 2.15. The molecule has 98 valence electrons. The van der Waals surface area contributed by atoms with Gasteiger partial charge in [-0.05, 0) is 38.1 Å².